The zero-order chi connectivity index (χ0) is 13.4. The van der Waals surface area contributed by atoms with E-state index in [0.717, 1.165) is 37.3 Å². The van der Waals surface area contributed by atoms with Crippen molar-refractivity contribution in [2.45, 2.75) is 33.7 Å². The van der Waals surface area contributed by atoms with Crippen LogP contribution in [0.4, 0.5) is 4.39 Å². The second-order valence-electron chi connectivity index (χ2n) is 4.71. The molecule has 102 valence electrons. The monoisotopic (exact) mass is 252 g/mol. The zero-order valence-corrected chi connectivity index (χ0v) is 11.8. The third kappa shape index (κ3) is 5.15. The van der Waals surface area contributed by atoms with Crippen LogP contribution >= 0.6 is 0 Å². The fourth-order valence-electron chi connectivity index (χ4n) is 2.04. The van der Waals surface area contributed by atoms with Gasteiger partial charge in [0.15, 0.2) is 0 Å². The van der Waals surface area contributed by atoms with Crippen molar-refractivity contribution in [2.75, 3.05) is 26.2 Å². The van der Waals surface area contributed by atoms with Crippen molar-refractivity contribution in [1.82, 2.24) is 10.2 Å². The summed E-state index contributed by atoms with van der Waals surface area (Å²) in [6.45, 7) is 11.1. The average molecular weight is 252 g/mol. The highest BCUT2D eigenvalue weighted by Crippen LogP contribution is 2.09. The first-order valence-electron chi connectivity index (χ1n) is 6.85. The standard InChI is InChI=1S/C15H25FN2/c1-4-9-18(5-2)10-8-17-12-14-11-13(3)6-7-15(14)16/h6-7,11,17H,4-5,8-10,12H2,1-3H3. The van der Waals surface area contributed by atoms with E-state index in [-0.39, 0.29) is 5.82 Å². The molecule has 0 aliphatic rings. The van der Waals surface area contributed by atoms with E-state index in [0.29, 0.717) is 6.54 Å². The van der Waals surface area contributed by atoms with E-state index in [9.17, 15) is 4.39 Å². The highest BCUT2D eigenvalue weighted by Gasteiger charge is 2.03. The lowest BCUT2D eigenvalue weighted by molar-refractivity contribution is 0.287. The van der Waals surface area contributed by atoms with Crippen LogP contribution in [0.15, 0.2) is 18.2 Å². The number of hydrogen-bond acceptors (Lipinski definition) is 2. The molecule has 1 aromatic carbocycles. The molecule has 0 fully saturated rings. The molecule has 0 amide bonds. The number of likely N-dealkylation sites (N-methyl/N-ethyl adjacent to an activating group) is 1. The summed E-state index contributed by atoms with van der Waals surface area (Å²) < 4.78 is 13.5. The Hall–Kier alpha value is -0.930. The van der Waals surface area contributed by atoms with Crippen LogP contribution in [0.25, 0.3) is 0 Å². The Morgan fingerprint density at radius 1 is 1.22 bits per heavy atom. The van der Waals surface area contributed by atoms with E-state index in [4.69, 9.17) is 0 Å². The zero-order valence-electron chi connectivity index (χ0n) is 11.8. The van der Waals surface area contributed by atoms with Gasteiger partial charge in [-0.05, 0) is 32.5 Å². The quantitative estimate of drug-likeness (QED) is 0.716. The molecule has 0 bridgehead atoms. The van der Waals surface area contributed by atoms with Gasteiger partial charge in [0.25, 0.3) is 0 Å². The van der Waals surface area contributed by atoms with E-state index >= 15 is 0 Å². The minimum absolute atomic E-state index is 0.117. The summed E-state index contributed by atoms with van der Waals surface area (Å²) in [5.41, 5.74) is 1.86. The van der Waals surface area contributed by atoms with Crippen molar-refractivity contribution in [2.24, 2.45) is 0 Å². The topological polar surface area (TPSA) is 15.3 Å². The fourth-order valence-corrected chi connectivity index (χ4v) is 2.04. The van der Waals surface area contributed by atoms with Crippen LogP contribution in [0.2, 0.25) is 0 Å². The second-order valence-corrected chi connectivity index (χ2v) is 4.71. The lowest BCUT2D eigenvalue weighted by atomic mass is 10.1. The van der Waals surface area contributed by atoms with E-state index in [1.807, 2.05) is 13.0 Å². The van der Waals surface area contributed by atoms with Gasteiger partial charge in [-0.2, -0.15) is 0 Å². The van der Waals surface area contributed by atoms with Crippen molar-refractivity contribution in [3.63, 3.8) is 0 Å². The predicted octanol–water partition coefficient (Wildman–Crippen LogP) is 2.96. The summed E-state index contributed by atoms with van der Waals surface area (Å²) in [7, 11) is 0. The van der Waals surface area contributed by atoms with Gasteiger partial charge in [-0.3, -0.25) is 0 Å². The third-order valence-electron chi connectivity index (χ3n) is 3.11. The van der Waals surface area contributed by atoms with Gasteiger partial charge in [-0.15, -0.1) is 0 Å². The van der Waals surface area contributed by atoms with Crippen LogP contribution in [0.5, 0.6) is 0 Å². The molecule has 0 spiro atoms. The predicted molar refractivity (Wildman–Crippen MR) is 75.2 cm³/mol. The summed E-state index contributed by atoms with van der Waals surface area (Å²) in [6, 6.07) is 5.26. The molecule has 1 aromatic rings. The highest BCUT2D eigenvalue weighted by atomic mass is 19.1. The molecule has 0 aliphatic carbocycles. The summed E-state index contributed by atoms with van der Waals surface area (Å²) >= 11 is 0. The SMILES string of the molecule is CCCN(CC)CCNCc1cc(C)ccc1F. The van der Waals surface area contributed by atoms with Crippen LogP contribution in [0.3, 0.4) is 0 Å². The molecule has 2 nitrogen and oxygen atoms in total. The van der Waals surface area contributed by atoms with Crippen molar-refractivity contribution < 1.29 is 4.39 Å². The van der Waals surface area contributed by atoms with E-state index in [1.165, 1.54) is 6.42 Å². The largest absolute Gasteiger partial charge is 0.311 e. The number of aryl methyl sites for hydroxylation is 1. The Labute approximate surface area is 110 Å². The molecule has 0 radical (unpaired) electrons. The lowest BCUT2D eigenvalue weighted by Crippen LogP contribution is -2.32. The van der Waals surface area contributed by atoms with Gasteiger partial charge in [0, 0.05) is 25.2 Å². The van der Waals surface area contributed by atoms with Crippen LogP contribution < -0.4 is 5.32 Å². The number of halogens is 1. The van der Waals surface area contributed by atoms with Gasteiger partial charge < -0.3 is 10.2 Å². The third-order valence-corrected chi connectivity index (χ3v) is 3.11. The summed E-state index contributed by atoms with van der Waals surface area (Å²) in [5, 5.41) is 3.31. The maximum Gasteiger partial charge on any atom is 0.127 e. The molecule has 18 heavy (non-hydrogen) atoms. The number of nitrogens with zero attached hydrogens (tertiary/aromatic N) is 1. The number of hydrogen-bond donors (Lipinski definition) is 1. The molecule has 1 rings (SSSR count). The molecule has 0 heterocycles. The summed E-state index contributed by atoms with van der Waals surface area (Å²) in [6.07, 6.45) is 1.18. The van der Waals surface area contributed by atoms with Gasteiger partial charge in [0.05, 0.1) is 0 Å². The number of benzene rings is 1. The molecule has 0 saturated heterocycles. The Kier molecular flexibility index (Phi) is 6.91. The van der Waals surface area contributed by atoms with E-state index < -0.39 is 0 Å². The summed E-state index contributed by atoms with van der Waals surface area (Å²) in [4.78, 5) is 2.40. The molecule has 0 aliphatic heterocycles. The number of nitrogens with one attached hydrogen (secondary N) is 1. The van der Waals surface area contributed by atoms with Crippen LogP contribution in [-0.2, 0) is 6.54 Å². The normalized spacial score (nSPS) is 11.2. The molecule has 3 heteroatoms. The molecular weight excluding hydrogens is 227 g/mol. The van der Waals surface area contributed by atoms with Gasteiger partial charge in [-0.1, -0.05) is 31.5 Å². The van der Waals surface area contributed by atoms with Gasteiger partial charge in [0.2, 0.25) is 0 Å². The molecular formula is C15H25FN2. The lowest BCUT2D eigenvalue weighted by Gasteiger charge is -2.19. The van der Waals surface area contributed by atoms with Gasteiger partial charge >= 0.3 is 0 Å². The van der Waals surface area contributed by atoms with Crippen molar-refractivity contribution in [3.05, 3.63) is 35.1 Å². The second kappa shape index (κ2) is 8.22. The minimum Gasteiger partial charge on any atom is -0.311 e. The highest BCUT2D eigenvalue weighted by molar-refractivity contribution is 5.23. The van der Waals surface area contributed by atoms with Crippen molar-refractivity contribution >= 4 is 0 Å². The van der Waals surface area contributed by atoms with Crippen LogP contribution in [0, 0.1) is 12.7 Å². The Morgan fingerprint density at radius 2 is 2.00 bits per heavy atom. The van der Waals surface area contributed by atoms with E-state index in [1.54, 1.807) is 12.1 Å². The van der Waals surface area contributed by atoms with E-state index in [2.05, 4.69) is 24.1 Å². The average Bonchev–Trinajstić information content (AvgIpc) is 2.37. The fraction of sp³-hybridized carbons (Fsp3) is 0.600. The number of rotatable bonds is 8. The molecule has 0 saturated carbocycles. The van der Waals surface area contributed by atoms with Crippen molar-refractivity contribution in [1.29, 1.82) is 0 Å². The molecule has 0 unspecified atom stereocenters. The first kappa shape index (κ1) is 15.1. The maximum absolute atomic E-state index is 13.5. The van der Waals surface area contributed by atoms with Crippen LogP contribution in [-0.4, -0.2) is 31.1 Å². The first-order valence-corrected chi connectivity index (χ1v) is 6.85. The molecule has 0 aromatic heterocycles. The Balaban J connectivity index is 2.31. The van der Waals surface area contributed by atoms with Gasteiger partial charge in [-0.25, -0.2) is 4.39 Å². The molecule has 0 atom stereocenters. The maximum atomic E-state index is 13.5. The Morgan fingerprint density at radius 3 is 2.67 bits per heavy atom. The summed E-state index contributed by atoms with van der Waals surface area (Å²) in [5.74, 6) is -0.117. The van der Waals surface area contributed by atoms with Crippen LogP contribution in [0.1, 0.15) is 31.4 Å². The molecule has 1 N–H and O–H groups in total. The van der Waals surface area contributed by atoms with Gasteiger partial charge in [0.1, 0.15) is 5.82 Å². The minimum atomic E-state index is -0.117. The van der Waals surface area contributed by atoms with Crippen molar-refractivity contribution in [3.8, 4) is 0 Å². The first-order chi connectivity index (χ1) is 8.67. The smallest absolute Gasteiger partial charge is 0.127 e. The Bertz CT molecular complexity index is 352.